The summed E-state index contributed by atoms with van der Waals surface area (Å²) < 4.78 is 0. The van der Waals surface area contributed by atoms with E-state index < -0.39 is 0 Å². The zero-order valence-electron chi connectivity index (χ0n) is 12.9. The van der Waals surface area contributed by atoms with Crippen molar-refractivity contribution < 1.29 is 0 Å². The normalized spacial score (nSPS) is 29.7. The Kier molecular flexibility index (Phi) is 4.45. The Morgan fingerprint density at radius 3 is 2.76 bits per heavy atom. The van der Waals surface area contributed by atoms with Crippen LogP contribution in [-0.4, -0.2) is 28.3 Å². The Morgan fingerprint density at radius 1 is 1.14 bits per heavy atom. The Balaban J connectivity index is 1.90. The first-order chi connectivity index (χ1) is 10.2. The second kappa shape index (κ2) is 6.32. The van der Waals surface area contributed by atoms with Crippen LogP contribution in [0.15, 0.2) is 35.6 Å². The second-order valence-corrected chi connectivity index (χ2v) is 7.39. The van der Waals surface area contributed by atoms with Crippen molar-refractivity contribution in [3.8, 4) is 0 Å². The first-order valence-corrected chi connectivity index (χ1v) is 8.60. The van der Waals surface area contributed by atoms with Crippen LogP contribution in [0.5, 0.6) is 0 Å². The topological polar surface area (TPSA) is 37.8 Å². The zero-order valence-corrected chi connectivity index (χ0v) is 13.7. The highest BCUT2D eigenvalue weighted by Gasteiger charge is 2.34. The van der Waals surface area contributed by atoms with Crippen molar-refractivity contribution in [1.29, 1.82) is 0 Å². The van der Waals surface area contributed by atoms with Gasteiger partial charge in [-0.1, -0.05) is 32.0 Å². The number of fused-ring (bicyclic) bond motifs is 1. The summed E-state index contributed by atoms with van der Waals surface area (Å²) in [6.07, 6.45) is 4.25. The van der Waals surface area contributed by atoms with Gasteiger partial charge in [0.25, 0.3) is 0 Å². The highest BCUT2D eigenvalue weighted by molar-refractivity contribution is 8.00. The molecule has 0 spiro atoms. The number of nitrogens with zero attached hydrogens (tertiary/aromatic N) is 2. The van der Waals surface area contributed by atoms with E-state index in [0.717, 1.165) is 16.5 Å². The van der Waals surface area contributed by atoms with E-state index in [2.05, 4.69) is 54.4 Å². The quantitative estimate of drug-likeness (QED) is 0.876. The van der Waals surface area contributed by atoms with Gasteiger partial charge in [-0.25, -0.2) is 9.97 Å². The fourth-order valence-electron chi connectivity index (χ4n) is 3.51. The summed E-state index contributed by atoms with van der Waals surface area (Å²) in [6.45, 7) is 4.74. The molecule has 2 aromatic rings. The van der Waals surface area contributed by atoms with Crippen LogP contribution in [-0.2, 0) is 0 Å². The lowest BCUT2D eigenvalue weighted by Crippen LogP contribution is -2.44. The smallest absolute Gasteiger partial charge is 0.117 e. The van der Waals surface area contributed by atoms with E-state index in [9.17, 15) is 0 Å². The Labute approximate surface area is 131 Å². The molecule has 1 heterocycles. The minimum atomic E-state index is 0.558. The van der Waals surface area contributed by atoms with Crippen LogP contribution in [0, 0.1) is 11.8 Å². The molecule has 21 heavy (non-hydrogen) atoms. The number of hydrogen-bond donors (Lipinski definition) is 1. The average molecular weight is 301 g/mol. The molecule has 112 valence electrons. The number of benzene rings is 1. The van der Waals surface area contributed by atoms with E-state index in [1.165, 1.54) is 18.2 Å². The van der Waals surface area contributed by atoms with E-state index in [1.54, 1.807) is 6.33 Å². The molecular weight excluding hydrogens is 278 g/mol. The van der Waals surface area contributed by atoms with Gasteiger partial charge in [0, 0.05) is 16.7 Å². The summed E-state index contributed by atoms with van der Waals surface area (Å²) in [7, 11) is 2.08. The predicted octanol–water partition coefficient (Wildman–Crippen LogP) is 3.74. The number of thioether (sulfide) groups is 1. The molecule has 0 amide bonds. The van der Waals surface area contributed by atoms with E-state index in [-0.39, 0.29) is 0 Å². The van der Waals surface area contributed by atoms with Crippen molar-refractivity contribution in [2.75, 3.05) is 7.05 Å². The average Bonchev–Trinajstić information content (AvgIpc) is 2.50. The number of aromatic nitrogens is 2. The number of hydrogen-bond acceptors (Lipinski definition) is 4. The standard InChI is InChI=1S/C17H23N3S/c1-11-8-12(2)16(15(9-11)18-3)21-17-13-6-4-5-7-14(13)19-10-20-17/h4-7,10-12,15-16,18H,8-9H2,1-3H3. The maximum atomic E-state index is 4.55. The third-order valence-corrected chi connectivity index (χ3v) is 6.13. The van der Waals surface area contributed by atoms with Crippen molar-refractivity contribution in [2.24, 2.45) is 11.8 Å². The van der Waals surface area contributed by atoms with Crippen LogP contribution in [0.4, 0.5) is 0 Å². The molecule has 1 fully saturated rings. The lowest BCUT2D eigenvalue weighted by atomic mass is 9.80. The Bertz CT molecular complexity index is 611. The van der Waals surface area contributed by atoms with Crippen molar-refractivity contribution in [2.45, 2.75) is 43.0 Å². The predicted molar refractivity (Wildman–Crippen MR) is 89.6 cm³/mol. The Morgan fingerprint density at radius 2 is 1.95 bits per heavy atom. The molecule has 4 atom stereocenters. The lowest BCUT2D eigenvalue weighted by Gasteiger charge is -2.39. The van der Waals surface area contributed by atoms with Gasteiger partial charge in [0.05, 0.1) is 5.52 Å². The van der Waals surface area contributed by atoms with E-state index in [0.29, 0.717) is 17.2 Å². The summed E-state index contributed by atoms with van der Waals surface area (Å²) in [6, 6.07) is 8.84. The first-order valence-electron chi connectivity index (χ1n) is 7.72. The first kappa shape index (κ1) is 14.8. The number of para-hydroxylation sites is 1. The van der Waals surface area contributed by atoms with Crippen LogP contribution in [0.25, 0.3) is 10.9 Å². The van der Waals surface area contributed by atoms with E-state index >= 15 is 0 Å². The van der Waals surface area contributed by atoms with Crippen molar-refractivity contribution in [3.05, 3.63) is 30.6 Å². The van der Waals surface area contributed by atoms with Gasteiger partial charge in [0.2, 0.25) is 0 Å². The van der Waals surface area contributed by atoms with Gasteiger partial charge >= 0.3 is 0 Å². The molecule has 1 saturated carbocycles. The summed E-state index contributed by atoms with van der Waals surface area (Å²) in [5.41, 5.74) is 1.04. The largest absolute Gasteiger partial charge is 0.316 e. The molecule has 0 aliphatic heterocycles. The summed E-state index contributed by atoms with van der Waals surface area (Å²) >= 11 is 1.92. The minimum absolute atomic E-state index is 0.558. The Hall–Kier alpha value is -1.13. The molecule has 4 heteroatoms. The molecule has 4 unspecified atom stereocenters. The molecule has 1 N–H and O–H groups in total. The molecule has 0 saturated heterocycles. The molecule has 1 aromatic heterocycles. The van der Waals surface area contributed by atoms with Crippen LogP contribution in [0.1, 0.15) is 26.7 Å². The molecule has 3 rings (SSSR count). The fraction of sp³-hybridized carbons (Fsp3) is 0.529. The van der Waals surface area contributed by atoms with Gasteiger partial charge in [-0.3, -0.25) is 0 Å². The number of nitrogens with one attached hydrogen (secondary N) is 1. The maximum absolute atomic E-state index is 4.55. The summed E-state index contributed by atoms with van der Waals surface area (Å²) in [4.78, 5) is 8.91. The molecule has 3 nitrogen and oxygen atoms in total. The monoisotopic (exact) mass is 301 g/mol. The van der Waals surface area contributed by atoms with Gasteiger partial charge in [0.15, 0.2) is 0 Å². The molecular formula is C17H23N3S. The molecule has 1 aromatic carbocycles. The maximum Gasteiger partial charge on any atom is 0.117 e. The van der Waals surface area contributed by atoms with Crippen LogP contribution in [0.3, 0.4) is 0 Å². The third kappa shape index (κ3) is 3.06. The zero-order chi connectivity index (χ0) is 14.8. The third-order valence-electron chi connectivity index (χ3n) is 4.51. The fourth-order valence-corrected chi connectivity index (χ4v) is 4.93. The highest BCUT2D eigenvalue weighted by Crippen LogP contribution is 2.40. The van der Waals surface area contributed by atoms with Crippen LogP contribution in [0.2, 0.25) is 0 Å². The van der Waals surface area contributed by atoms with Gasteiger partial charge < -0.3 is 5.32 Å². The van der Waals surface area contributed by atoms with E-state index in [4.69, 9.17) is 0 Å². The SMILES string of the molecule is CNC1CC(C)CC(C)C1Sc1ncnc2ccccc12. The summed E-state index contributed by atoms with van der Waals surface area (Å²) in [5.74, 6) is 1.50. The van der Waals surface area contributed by atoms with Crippen LogP contribution >= 0.6 is 11.8 Å². The number of rotatable bonds is 3. The second-order valence-electron chi connectivity index (χ2n) is 6.23. The molecule has 1 aliphatic rings. The van der Waals surface area contributed by atoms with Gasteiger partial charge in [-0.15, -0.1) is 11.8 Å². The molecule has 1 aliphatic carbocycles. The minimum Gasteiger partial charge on any atom is -0.316 e. The van der Waals surface area contributed by atoms with Crippen molar-refractivity contribution in [1.82, 2.24) is 15.3 Å². The van der Waals surface area contributed by atoms with Gasteiger partial charge in [-0.05, 0) is 37.8 Å². The van der Waals surface area contributed by atoms with Crippen molar-refractivity contribution in [3.63, 3.8) is 0 Å². The molecule has 0 bridgehead atoms. The highest BCUT2D eigenvalue weighted by atomic mass is 32.2. The van der Waals surface area contributed by atoms with Gasteiger partial charge in [0.1, 0.15) is 11.4 Å². The molecule has 0 radical (unpaired) electrons. The van der Waals surface area contributed by atoms with Gasteiger partial charge in [-0.2, -0.15) is 0 Å². The van der Waals surface area contributed by atoms with E-state index in [1.807, 2.05) is 17.8 Å². The van der Waals surface area contributed by atoms with Crippen molar-refractivity contribution >= 4 is 22.7 Å². The summed E-state index contributed by atoms with van der Waals surface area (Å²) in [5, 5.41) is 6.38. The lowest BCUT2D eigenvalue weighted by molar-refractivity contribution is 0.257. The van der Waals surface area contributed by atoms with Crippen LogP contribution < -0.4 is 5.32 Å².